The second-order valence-electron chi connectivity index (χ2n) is 5.67. The predicted octanol–water partition coefficient (Wildman–Crippen LogP) is -0.282. The summed E-state index contributed by atoms with van der Waals surface area (Å²) >= 11 is 0. The van der Waals surface area contributed by atoms with Crippen molar-refractivity contribution >= 4 is 25.8 Å². The van der Waals surface area contributed by atoms with E-state index in [9.17, 15) is 21.6 Å². The van der Waals surface area contributed by atoms with E-state index in [-0.39, 0.29) is 17.3 Å². The van der Waals surface area contributed by atoms with Crippen LogP contribution in [0.25, 0.3) is 0 Å². The number of aryl methyl sites for hydroxylation is 1. The van der Waals surface area contributed by atoms with Gasteiger partial charge in [-0.15, -0.1) is 0 Å². The number of sulfonamides is 1. The van der Waals surface area contributed by atoms with Gasteiger partial charge >= 0.3 is 0 Å². The second-order valence-corrected chi connectivity index (χ2v) is 9.71. The molecular weight excluding hydrogens is 340 g/mol. The summed E-state index contributed by atoms with van der Waals surface area (Å²) in [4.78, 5) is 11.7. The van der Waals surface area contributed by atoms with Crippen molar-refractivity contribution in [2.75, 3.05) is 18.1 Å². The van der Waals surface area contributed by atoms with E-state index in [1.54, 1.807) is 12.1 Å². The topological polar surface area (TPSA) is 109 Å². The summed E-state index contributed by atoms with van der Waals surface area (Å²) in [7, 11) is -6.72. The molecule has 0 bridgehead atoms. The van der Waals surface area contributed by atoms with Crippen molar-refractivity contribution in [3.05, 3.63) is 35.4 Å². The molecular formula is C14H20N2O5S2. The summed E-state index contributed by atoms with van der Waals surface area (Å²) in [5.41, 5.74) is 1.53. The highest BCUT2D eigenvalue weighted by Crippen LogP contribution is 2.11. The van der Waals surface area contributed by atoms with Gasteiger partial charge in [0.1, 0.15) is 0 Å². The molecule has 1 saturated heterocycles. The van der Waals surface area contributed by atoms with E-state index in [1.165, 1.54) is 0 Å². The average Bonchev–Trinajstić information content (AvgIpc) is 2.78. The highest BCUT2D eigenvalue weighted by molar-refractivity contribution is 7.91. The number of carbonyl (C=O) groups excluding carboxylic acids is 1. The molecule has 9 heteroatoms. The standard InChI is InChI=1S/C14H20N2O5S2/c1-11-4-2-3-5-12(11)9-23(20,21)15-8-14(17)16-13-6-7-22(18,19)10-13/h2-5,13,15H,6-10H2,1H3,(H,16,17). The van der Waals surface area contributed by atoms with E-state index in [1.807, 2.05) is 19.1 Å². The van der Waals surface area contributed by atoms with Gasteiger partial charge in [-0.05, 0) is 24.5 Å². The molecule has 1 aromatic rings. The highest BCUT2D eigenvalue weighted by atomic mass is 32.2. The summed E-state index contributed by atoms with van der Waals surface area (Å²) < 4.78 is 48.9. The largest absolute Gasteiger partial charge is 0.351 e. The van der Waals surface area contributed by atoms with Crippen LogP contribution in [0.1, 0.15) is 17.5 Å². The van der Waals surface area contributed by atoms with E-state index in [0.717, 1.165) is 5.56 Å². The Labute approximate surface area is 136 Å². The third kappa shape index (κ3) is 5.60. The van der Waals surface area contributed by atoms with Crippen molar-refractivity contribution in [3.63, 3.8) is 0 Å². The lowest BCUT2D eigenvalue weighted by molar-refractivity contribution is -0.120. The Morgan fingerprint density at radius 2 is 2.00 bits per heavy atom. The van der Waals surface area contributed by atoms with Crippen molar-refractivity contribution in [2.45, 2.75) is 25.1 Å². The van der Waals surface area contributed by atoms with Gasteiger partial charge in [0, 0.05) is 6.04 Å². The minimum Gasteiger partial charge on any atom is -0.351 e. The maximum Gasteiger partial charge on any atom is 0.235 e. The van der Waals surface area contributed by atoms with Crippen molar-refractivity contribution in [1.29, 1.82) is 0 Å². The van der Waals surface area contributed by atoms with Gasteiger partial charge < -0.3 is 5.32 Å². The van der Waals surface area contributed by atoms with Crippen LogP contribution >= 0.6 is 0 Å². The van der Waals surface area contributed by atoms with Crippen molar-refractivity contribution in [3.8, 4) is 0 Å². The van der Waals surface area contributed by atoms with Crippen molar-refractivity contribution in [2.24, 2.45) is 0 Å². The van der Waals surface area contributed by atoms with Crippen LogP contribution in [0.15, 0.2) is 24.3 Å². The monoisotopic (exact) mass is 360 g/mol. The van der Waals surface area contributed by atoms with Gasteiger partial charge in [-0.2, -0.15) is 0 Å². The molecule has 1 fully saturated rings. The van der Waals surface area contributed by atoms with Gasteiger partial charge in [0.2, 0.25) is 15.9 Å². The maximum absolute atomic E-state index is 12.0. The molecule has 1 atom stereocenters. The number of hydrogen-bond donors (Lipinski definition) is 2. The van der Waals surface area contributed by atoms with E-state index < -0.39 is 38.4 Å². The molecule has 0 radical (unpaired) electrons. The lowest BCUT2D eigenvalue weighted by Crippen LogP contribution is -2.42. The molecule has 7 nitrogen and oxygen atoms in total. The summed E-state index contributed by atoms with van der Waals surface area (Å²) in [5.74, 6) is -0.767. The molecule has 1 unspecified atom stereocenters. The Hall–Kier alpha value is -1.45. The van der Waals surface area contributed by atoms with E-state index in [4.69, 9.17) is 0 Å². The molecule has 1 aliphatic heterocycles. The number of benzene rings is 1. The summed E-state index contributed by atoms with van der Waals surface area (Å²) in [5, 5.41) is 2.54. The fraction of sp³-hybridized carbons (Fsp3) is 0.500. The Kier molecular flexibility index (Phi) is 5.43. The molecule has 1 amide bonds. The van der Waals surface area contributed by atoms with E-state index >= 15 is 0 Å². The molecule has 2 N–H and O–H groups in total. The van der Waals surface area contributed by atoms with Crippen LogP contribution < -0.4 is 10.0 Å². The first-order chi connectivity index (χ1) is 10.7. The number of nitrogens with one attached hydrogen (secondary N) is 2. The minimum atomic E-state index is -3.64. The Balaban J connectivity index is 1.85. The highest BCUT2D eigenvalue weighted by Gasteiger charge is 2.29. The van der Waals surface area contributed by atoms with Crippen molar-refractivity contribution < 1.29 is 21.6 Å². The molecule has 0 aromatic heterocycles. The van der Waals surface area contributed by atoms with Gasteiger partial charge in [-0.1, -0.05) is 24.3 Å². The number of rotatable bonds is 6. The third-order valence-electron chi connectivity index (χ3n) is 3.66. The zero-order chi connectivity index (χ0) is 17.1. The van der Waals surface area contributed by atoms with Crippen LogP contribution in [0.5, 0.6) is 0 Å². The fourth-order valence-corrected chi connectivity index (χ4v) is 5.25. The van der Waals surface area contributed by atoms with Crippen LogP contribution in [0.4, 0.5) is 0 Å². The lowest BCUT2D eigenvalue weighted by atomic mass is 10.1. The molecule has 1 aromatic carbocycles. The number of hydrogen-bond acceptors (Lipinski definition) is 5. The second kappa shape index (κ2) is 6.98. The van der Waals surface area contributed by atoms with E-state index in [0.29, 0.717) is 12.0 Å². The zero-order valence-electron chi connectivity index (χ0n) is 12.8. The first-order valence-electron chi connectivity index (χ1n) is 7.18. The maximum atomic E-state index is 12.0. The van der Waals surface area contributed by atoms with Crippen LogP contribution in [-0.2, 0) is 30.4 Å². The smallest absolute Gasteiger partial charge is 0.235 e. The van der Waals surface area contributed by atoms with Gasteiger partial charge in [0.25, 0.3) is 0 Å². The first-order valence-corrected chi connectivity index (χ1v) is 10.7. The Morgan fingerprint density at radius 3 is 2.61 bits per heavy atom. The van der Waals surface area contributed by atoms with E-state index in [2.05, 4.69) is 10.0 Å². The molecule has 0 saturated carbocycles. The van der Waals surface area contributed by atoms with Gasteiger partial charge in [-0.25, -0.2) is 21.6 Å². The first kappa shape index (κ1) is 17.9. The molecule has 0 spiro atoms. The summed E-state index contributed by atoms with van der Waals surface area (Å²) in [6.07, 6.45) is 0.365. The van der Waals surface area contributed by atoms with Crippen LogP contribution in [0.2, 0.25) is 0 Å². The summed E-state index contributed by atoms with van der Waals surface area (Å²) in [6.45, 7) is 1.42. The van der Waals surface area contributed by atoms with Crippen LogP contribution in [-0.4, -0.2) is 46.8 Å². The normalized spacial score (nSPS) is 20.3. The average molecular weight is 360 g/mol. The number of carbonyl (C=O) groups is 1. The summed E-state index contributed by atoms with van der Waals surface area (Å²) in [6, 6.07) is 6.68. The Morgan fingerprint density at radius 1 is 1.30 bits per heavy atom. The molecule has 128 valence electrons. The zero-order valence-corrected chi connectivity index (χ0v) is 14.4. The molecule has 23 heavy (non-hydrogen) atoms. The lowest BCUT2D eigenvalue weighted by Gasteiger charge is -2.12. The third-order valence-corrected chi connectivity index (χ3v) is 6.70. The van der Waals surface area contributed by atoms with Gasteiger partial charge in [-0.3, -0.25) is 4.79 Å². The van der Waals surface area contributed by atoms with Gasteiger partial charge in [0.05, 0.1) is 23.8 Å². The predicted molar refractivity (Wildman–Crippen MR) is 87.0 cm³/mol. The SMILES string of the molecule is Cc1ccccc1CS(=O)(=O)NCC(=O)NC1CCS(=O)(=O)C1. The van der Waals surface area contributed by atoms with Crippen LogP contribution in [0, 0.1) is 6.92 Å². The number of amides is 1. The number of sulfone groups is 1. The van der Waals surface area contributed by atoms with Gasteiger partial charge in [0.15, 0.2) is 9.84 Å². The Bertz CT molecular complexity index is 787. The van der Waals surface area contributed by atoms with Crippen LogP contribution in [0.3, 0.4) is 0 Å². The fourth-order valence-electron chi connectivity index (χ4n) is 2.39. The quantitative estimate of drug-likeness (QED) is 0.725. The molecule has 1 aliphatic rings. The molecule has 0 aliphatic carbocycles. The minimum absolute atomic E-state index is 0.0525. The van der Waals surface area contributed by atoms with Crippen molar-refractivity contribution in [1.82, 2.24) is 10.0 Å². The molecule has 2 rings (SSSR count). The molecule has 1 heterocycles.